The number of carbonyl (C=O) groups is 3. The Labute approximate surface area is 128 Å². The second-order valence-corrected chi connectivity index (χ2v) is 5.83. The van der Waals surface area contributed by atoms with Crippen molar-refractivity contribution in [2.45, 2.75) is 38.3 Å². The second-order valence-electron chi connectivity index (χ2n) is 4.84. The molecule has 8 heteroatoms. The van der Waals surface area contributed by atoms with Gasteiger partial charge in [-0.25, -0.2) is 4.79 Å². The molecule has 0 aromatic heterocycles. The molecular weight excluding hydrogens is 294 g/mol. The van der Waals surface area contributed by atoms with Gasteiger partial charge in [0.2, 0.25) is 5.91 Å². The Kier molecular flexibility index (Phi) is 7.35. The van der Waals surface area contributed by atoms with Gasteiger partial charge in [0, 0.05) is 6.04 Å². The molecule has 1 atom stereocenters. The first-order valence-electron chi connectivity index (χ1n) is 7.00. The maximum Gasteiger partial charge on any atom is 0.325 e. The summed E-state index contributed by atoms with van der Waals surface area (Å²) in [6.45, 7) is 1.92. The van der Waals surface area contributed by atoms with E-state index in [-0.39, 0.29) is 25.1 Å². The van der Waals surface area contributed by atoms with Gasteiger partial charge in [-0.15, -0.1) is 0 Å². The number of hydrogen-bond acceptors (Lipinski definition) is 5. The fourth-order valence-electron chi connectivity index (χ4n) is 1.98. The van der Waals surface area contributed by atoms with Crippen molar-refractivity contribution in [3.05, 3.63) is 0 Å². The standard InChI is InChI=1S/C13H23N3O4S/c1-3-20-11(17)8-16(9-4-5-9)12(18)10(6-7-21-2)15-13(14)19/h9-10H,3-8H2,1-2H3,(H3,14,15,19). The number of urea groups is 1. The van der Waals surface area contributed by atoms with Gasteiger partial charge in [-0.1, -0.05) is 0 Å². The van der Waals surface area contributed by atoms with E-state index >= 15 is 0 Å². The molecule has 0 aromatic rings. The zero-order valence-electron chi connectivity index (χ0n) is 12.5. The maximum atomic E-state index is 12.5. The Morgan fingerprint density at radius 3 is 2.57 bits per heavy atom. The lowest BCUT2D eigenvalue weighted by atomic mass is 10.2. The molecule has 3 amide bonds. The van der Waals surface area contributed by atoms with Crippen LogP contribution in [0.4, 0.5) is 4.79 Å². The third-order valence-electron chi connectivity index (χ3n) is 3.10. The lowest BCUT2D eigenvalue weighted by Crippen LogP contribution is -2.52. The molecular formula is C13H23N3O4S. The van der Waals surface area contributed by atoms with Crippen LogP contribution in [0.5, 0.6) is 0 Å². The summed E-state index contributed by atoms with van der Waals surface area (Å²) in [6.07, 6.45) is 4.14. The van der Waals surface area contributed by atoms with Gasteiger partial charge in [-0.05, 0) is 38.2 Å². The molecule has 0 radical (unpaired) electrons. The number of hydrogen-bond donors (Lipinski definition) is 2. The van der Waals surface area contributed by atoms with Gasteiger partial charge in [-0.3, -0.25) is 9.59 Å². The highest BCUT2D eigenvalue weighted by atomic mass is 32.2. The number of nitrogens with zero attached hydrogens (tertiary/aromatic N) is 1. The summed E-state index contributed by atoms with van der Waals surface area (Å²) in [5, 5.41) is 2.47. The quantitative estimate of drug-likeness (QED) is 0.597. The van der Waals surface area contributed by atoms with Crippen LogP contribution in [-0.2, 0) is 14.3 Å². The summed E-state index contributed by atoms with van der Waals surface area (Å²) < 4.78 is 4.89. The fourth-order valence-corrected chi connectivity index (χ4v) is 2.46. The smallest absolute Gasteiger partial charge is 0.325 e. The second kappa shape index (κ2) is 8.76. The van der Waals surface area contributed by atoms with Gasteiger partial charge in [0.15, 0.2) is 0 Å². The molecule has 1 unspecified atom stereocenters. The van der Waals surface area contributed by atoms with Crippen LogP contribution in [0.25, 0.3) is 0 Å². The molecule has 7 nitrogen and oxygen atoms in total. The normalized spacial score (nSPS) is 15.1. The van der Waals surface area contributed by atoms with E-state index in [1.165, 1.54) is 4.90 Å². The van der Waals surface area contributed by atoms with Crippen molar-refractivity contribution >= 4 is 29.7 Å². The highest BCUT2D eigenvalue weighted by Crippen LogP contribution is 2.27. The van der Waals surface area contributed by atoms with Gasteiger partial charge < -0.3 is 20.7 Å². The first kappa shape index (κ1) is 17.6. The van der Waals surface area contributed by atoms with Crippen LogP contribution in [0.15, 0.2) is 0 Å². The van der Waals surface area contributed by atoms with Gasteiger partial charge >= 0.3 is 12.0 Å². The molecule has 1 aliphatic carbocycles. The van der Waals surface area contributed by atoms with Gasteiger partial charge in [-0.2, -0.15) is 11.8 Å². The minimum atomic E-state index is -0.735. The Bertz CT molecular complexity index is 388. The van der Waals surface area contributed by atoms with Crippen LogP contribution < -0.4 is 11.1 Å². The van der Waals surface area contributed by atoms with E-state index in [1.54, 1.807) is 18.7 Å². The van der Waals surface area contributed by atoms with Gasteiger partial charge in [0.05, 0.1) is 6.61 Å². The van der Waals surface area contributed by atoms with E-state index in [0.717, 1.165) is 12.8 Å². The molecule has 21 heavy (non-hydrogen) atoms. The topological polar surface area (TPSA) is 102 Å². The van der Waals surface area contributed by atoms with Crippen molar-refractivity contribution in [3.8, 4) is 0 Å². The highest BCUT2D eigenvalue weighted by Gasteiger charge is 2.37. The summed E-state index contributed by atoms with van der Waals surface area (Å²) in [5.41, 5.74) is 5.12. The first-order chi connectivity index (χ1) is 9.99. The van der Waals surface area contributed by atoms with Gasteiger partial charge in [0.1, 0.15) is 12.6 Å². The molecule has 120 valence electrons. The van der Waals surface area contributed by atoms with Crippen molar-refractivity contribution in [2.24, 2.45) is 5.73 Å². The van der Waals surface area contributed by atoms with Crippen LogP contribution in [-0.4, -0.2) is 60.1 Å². The first-order valence-corrected chi connectivity index (χ1v) is 8.40. The molecule has 0 aromatic carbocycles. The van der Waals surface area contributed by atoms with E-state index in [9.17, 15) is 14.4 Å². The van der Waals surface area contributed by atoms with Gasteiger partial charge in [0.25, 0.3) is 0 Å². The summed E-state index contributed by atoms with van der Waals surface area (Å²) >= 11 is 1.58. The van der Waals surface area contributed by atoms with Crippen LogP contribution in [0, 0.1) is 0 Å². The molecule has 1 fully saturated rings. The monoisotopic (exact) mass is 317 g/mol. The lowest BCUT2D eigenvalue weighted by molar-refractivity contribution is -0.149. The number of amides is 3. The molecule has 0 heterocycles. The predicted octanol–water partition coefficient (Wildman–Crippen LogP) is 0.331. The molecule has 1 saturated carbocycles. The molecule has 1 aliphatic rings. The zero-order chi connectivity index (χ0) is 15.8. The van der Waals surface area contributed by atoms with Crippen LogP contribution in [0.3, 0.4) is 0 Å². The summed E-state index contributed by atoms with van der Waals surface area (Å²) in [4.78, 5) is 36.7. The predicted molar refractivity (Wildman–Crippen MR) is 80.9 cm³/mol. The Hall–Kier alpha value is -1.44. The van der Waals surface area contributed by atoms with Crippen LogP contribution in [0.1, 0.15) is 26.2 Å². The Balaban J connectivity index is 2.70. The molecule has 0 aliphatic heterocycles. The van der Waals surface area contributed by atoms with E-state index in [1.807, 2.05) is 6.26 Å². The lowest BCUT2D eigenvalue weighted by Gasteiger charge is -2.26. The van der Waals surface area contributed by atoms with E-state index < -0.39 is 18.0 Å². The summed E-state index contributed by atoms with van der Waals surface area (Å²) in [5.74, 6) is 0.0214. The Morgan fingerprint density at radius 2 is 2.10 bits per heavy atom. The number of ether oxygens (including phenoxy) is 1. The third-order valence-corrected chi connectivity index (χ3v) is 3.74. The minimum absolute atomic E-state index is 0.0633. The molecule has 3 N–H and O–H groups in total. The maximum absolute atomic E-state index is 12.5. The Morgan fingerprint density at radius 1 is 1.43 bits per heavy atom. The highest BCUT2D eigenvalue weighted by molar-refractivity contribution is 7.98. The summed E-state index contributed by atoms with van der Waals surface area (Å²) in [6, 6.07) is -1.36. The largest absolute Gasteiger partial charge is 0.465 e. The third kappa shape index (κ3) is 6.24. The van der Waals surface area contributed by atoms with Crippen molar-refractivity contribution < 1.29 is 19.1 Å². The van der Waals surface area contributed by atoms with E-state index in [4.69, 9.17) is 10.5 Å². The van der Waals surface area contributed by atoms with Crippen molar-refractivity contribution in [2.75, 3.05) is 25.2 Å². The number of primary amides is 1. The number of rotatable bonds is 9. The average molecular weight is 317 g/mol. The number of nitrogens with one attached hydrogen (secondary N) is 1. The van der Waals surface area contributed by atoms with E-state index in [0.29, 0.717) is 12.2 Å². The van der Waals surface area contributed by atoms with Crippen molar-refractivity contribution in [3.63, 3.8) is 0 Å². The van der Waals surface area contributed by atoms with Crippen molar-refractivity contribution in [1.82, 2.24) is 10.2 Å². The SMILES string of the molecule is CCOC(=O)CN(C(=O)C(CCSC)NC(N)=O)C1CC1. The number of thioether (sulfide) groups is 1. The minimum Gasteiger partial charge on any atom is -0.465 e. The summed E-state index contributed by atoms with van der Waals surface area (Å²) in [7, 11) is 0. The number of esters is 1. The number of nitrogens with two attached hydrogens (primary N) is 1. The average Bonchev–Trinajstić information content (AvgIpc) is 3.24. The number of carbonyl (C=O) groups excluding carboxylic acids is 3. The van der Waals surface area contributed by atoms with Crippen LogP contribution in [0.2, 0.25) is 0 Å². The molecule has 0 saturated heterocycles. The van der Waals surface area contributed by atoms with Crippen LogP contribution >= 0.6 is 11.8 Å². The van der Waals surface area contributed by atoms with E-state index in [2.05, 4.69) is 5.32 Å². The molecule has 0 spiro atoms. The molecule has 0 bridgehead atoms. The molecule has 1 rings (SSSR count). The van der Waals surface area contributed by atoms with Crippen molar-refractivity contribution in [1.29, 1.82) is 0 Å². The zero-order valence-corrected chi connectivity index (χ0v) is 13.3. The fraction of sp³-hybridized carbons (Fsp3) is 0.769.